The van der Waals surface area contributed by atoms with Crippen molar-refractivity contribution in [1.29, 1.82) is 0 Å². The van der Waals surface area contributed by atoms with Crippen molar-refractivity contribution >= 4 is 23.2 Å². The molecule has 78 valence electrons. The summed E-state index contributed by atoms with van der Waals surface area (Å²) in [6.45, 7) is 0.877. The average Bonchev–Trinajstić information content (AvgIpc) is 2.16. The molecule has 1 rings (SSSR count). The third-order valence-corrected chi connectivity index (χ3v) is 2.88. The highest BCUT2D eigenvalue weighted by atomic mass is 35.5. The monoisotopic (exact) mass is 231 g/mol. The fourth-order valence-corrected chi connectivity index (χ4v) is 1.61. The van der Waals surface area contributed by atoms with Crippen LogP contribution in [-0.4, -0.2) is 25.5 Å². The third-order valence-electron chi connectivity index (χ3n) is 2.07. The van der Waals surface area contributed by atoms with Gasteiger partial charge in [0.15, 0.2) is 0 Å². The van der Waals surface area contributed by atoms with Crippen molar-refractivity contribution in [1.82, 2.24) is 4.90 Å². The van der Waals surface area contributed by atoms with Crippen LogP contribution in [0.3, 0.4) is 0 Å². The maximum atomic E-state index is 6.24. The normalized spacial score (nSPS) is 12.1. The largest absolute Gasteiger partial charge is 0.309 e. The maximum Gasteiger partial charge on any atom is 0.144 e. The summed E-state index contributed by atoms with van der Waals surface area (Å²) in [7, 11) is 4.02. The van der Waals surface area contributed by atoms with Gasteiger partial charge < -0.3 is 4.90 Å². The van der Waals surface area contributed by atoms with E-state index in [0.29, 0.717) is 0 Å². The van der Waals surface area contributed by atoms with Gasteiger partial charge in [0, 0.05) is 6.54 Å². The van der Waals surface area contributed by atoms with E-state index in [4.69, 9.17) is 23.2 Å². The van der Waals surface area contributed by atoms with Gasteiger partial charge in [0.25, 0.3) is 0 Å². The molecule has 0 aliphatic heterocycles. The molecule has 14 heavy (non-hydrogen) atoms. The standard InChI is InChI=1S/C11H15Cl2N/c1-14(2)9-8-11(12,13)10-6-4-3-5-7-10/h3-7H,8-9H2,1-2H3. The van der Waals surface area contributed by atoms with Crippen LogP contribution in [0.15, 0.2) is 30.3 Å². The van der Waals surface area contributed by atoms with E-state index in [1.807, 2.05) is 44.4 Å². The van der Waals surface area contributed by atoms with Gasteiger partial charge in [0.1, 0.15) is 4.33 Å². The maximum absolute atomic E-state index is 6.24. The van der Waals surface area contributed by atoms with Gasteiger partial charge in [-0.3, -0.25) is 0 Å². The number of hydrogen-bond donors (Lipinski definition) is 0. The SMILES string of the molecule is CN(C)CCC(Cl)(Cl)c1ccccc1. The second-order valence-corrected chi connectivity index (χ2v) is 5.11. The van der Waals surface area contributed by atoms with Gasteiger partial charge in [-0.15, -0.1) is 0 Å². The molecule has 0 amide bonds. The van der Waals surface area contributed by atoms with Gasteiger partial charge in [0.05, 0.1) is 0 Å². The molecule has 0 spiro atoms. The van der Waals surface area contributed by atoms with Crippen LogP contribution in [0.5, 0.6) is 0 Å². The number of nitrogens with zero attached hydrogens (tertiary/aromatic N) is 1. The van der Waals surface area contributed by atoms with Gasteiger partial charge >= 0.3 is 0 Å². The second-order valence-electron chi connectivity index (χ2n) is 3.62. The molecular weight excluding hydrogens is 217 g/mol. The quantitative estimate of drug-likeness (QED) is 0.720. The molecule has 0 bridgehead atoms. The van der Waals surface area contributed by atoms with Crippen molar-refractivity contribution in [2.24, 2.45) is 0 Å². The Morgan fingerprint density at radius 2 is 1.71 bits per heavy atom. The van der Waals surface area contributed by atoms with Gasteiger partial charge in [-0.25, -0.2) is 0 Å². The zero-order valence-electron chi connectivity index (χ0n) is 8.50. The lowest BCUT2D eigenvalue weighted by Crippen LogP contribution is -2.21. The summed E-state index contributed by atoms with van der Waals surface area (Å²) in [6.07, 6.45) is 0.729. The summed E-state index contributed by atoms with van der Waals surface area (Å²) in [5.41, 5.74) is 0.963. The lowest BCUT2D eigenvalue weighted by Gasteiger charge is -2.22. The number of halogens is 2. The Labute approximate surface area is 95.6 Å². The van der Waals surface area contributed by atoms with Crippen LogP contribution in [0.25, 0.3) is 0 Å². The molecule has 0 radical (unpaired) electrons. The van der Waals surface area contributed by atoms with Crippen LogP contribution in [0.2, 0.25) is 0 Å². The highest BCUT2D eigenvalue weighted by Gasteiger charge is 2.25. The number of benzene rings is 1. The van der Waals surface area contributed by atoms with Crippen molar-refractivity contribution in [2.75, 3.05) is 20.6 Å². The predicted octanol–water partition coefficient (Wildman–Crippen LogP) is 3.27. The molecule has 1 aromatic carbocycles. The summed E-state index contributed by atoms with van der Waals surface area (Å²) >= 11 is 12.5. The molecule has 0 atom stereocenters. The van der Waals surface area contributed by atoms with Crippen LogP contribution in [0, 0.1) is 0 Å². The molecule has 1 aromatic rings. The Kier molecular flexibility index (Phi) is 4.24. The van der Waals surface area contributed by atoms with Gasteiger partial charge in [-0.05, 0) is 26.1 Å². The Bertz CT molecular complexity index is 270. The highest BCUT2D eigenvalue weighted by molar-refractivity contribution is 6.48. The minimum absolute atomic E-state index is 0.729. The van der Waals surface area contributed by atoms with E-state index < -0.39 is 4.33 Å². The second kappa shape index (κ2) is 5.01. The topological polar surface area (TPSA) is 3.24 Å². The zero-order chi connectivity index (χ0) is 10.6. The fourth-order valence-electron chi connectivity index (χ4n) is 1.19. The first kappa shape index (κ1) is 11.8. The smallest absolute Gasteiger partial charge is 0.144 e. The Hall–Kier alpha value is -0.240. The van der Waals surface area contributed by atoms with Crippen LogP contribution in [0.1, 0.15) is 12.0 Å². The van der Waals surface area contributed by atoms with Crippen molar-refractivity contribution in [3.8, 4) is 0 Å². The molecule has 0 aromatic heterocycles. The van der Waals surface area contributed by atoms with Crippen molar-refractivity contribution < 1.29 is 0 Å². The lowest BCUT2D eigenvalue weighted by molar-refractivity contribution is 0.391. The Morgan fingerprint density at radius 1 is 1.14 bits per heavy atom. The van der Waals surface area contributed by atoms with E-state index in [2.05, 4.69) is 4.90 Å². The lowest BCUT2D eigenvalue weighted by atomic mass is 10.1. The first-order chi connectivity index (χ1) is 6.52. The third kappa shape index (κ3) is 3.49. The van der Waals surface area contributed by atoms with Crippen LogP contribution in [0.4, 0.5) is 0 Å². The predicted molar refractivity (Wildman–Crippen MR) is 63.0 cm³/mol. The Morgan fingerprint density at radius 3 is 2.21 bits per heavy atom. The van der Waals surface area contributed by atoms with Crippen molar-refractivity contribution in [3.63, 3.8) is 0 Å². The van der Waals surface area contributed by atoms with E-state index in [1.54, 1.807) is 0 Å². The zero-order valence-corrected chi connectivity index (χ0v) is 10.0. The molecule has 0 aliphatic carbocycles. The van der Waals surface area contributed by atoms with E-state index in [0.717, 1.165) is 18.5 Å². The summed E-state index contributed by atoms with van der Waals surface area (Å²) in [5.74, 6) is 0. The molecular formula is C11H15Cl2N. The van der Waals surface area contributed by atoms with E-state index in [1.165, 1.54) is 0 Å². The molecule has 0 heterocycles. The van der Waals surface area contributed by atoms with E-state index in [9.17, 15) is 0 Å². The van der Waals surface area contributed by atoms with Crippen molar-refractivity contribution in [2.45, 2.75) is 10.8 Å². The van der Waals surface area contributed by atoms with Crippen molar-refractivity contribution in [3.05, 3.63) is 35.9 Å². The number of alkyl halides is 2. The molecule has 0 aliphatic rings. The van der Waals surface area contributed by atoms with Gasteiger partial charge in [-0.1, -0.05) is 53.5 Å². The fraction of sp³-hybridized carbons (Fsp3) is 0.455. The van der Waals surface area contributed by atoms with E-state index >= 15 is 0 Å². The molecule has 0 saturated carbocycles. The van der Waals surface area contributed by atoms with Gasteiger partial charge in [0.2, 0.25) is 0 Å². The minimum atomic E-state index is -0.772. The molecule has 1 nitrogen and oxygen atoms in total. The molecule has 0 fully saturated rings. The average molecular weight is 232 g/mol. The summed E-state index contributed by atoms with van der Waals surface area (Å²) < 4.78 is -0.772. The summed E-state index contributed by atoms with van der Waals surface area (Å²) in [6, 6.07) is 9.76. The molecule has 0 saturated heterocycles. The highest BCUT2D eigenvalue weighted by Crippen LogP contribution is 2.36. The number of hydrogen-bond acceptors (Lipinski definition) is 1. The van der Waals surface area contributed by atoms with Crippen LogP contribution in [-0.2, 0) is 4.33 Å². The minimum Gasteiger partial charge on any atom is -0.309 e. The molecule has 0 N–H and O–H groups in total. The molecule has 0 unspecified atom stereocenters. The van der Waals surface area contributed by atoms with Gasteiger partial charge in [-0.2, -0.15) is 0 Å². The first-order valence-corrected chi connectivity index (χ1v) is 5.36. The Balaban J connectivity index is 2.66. The molecule has 3 heteroatoms. The first-order valence-electron chi connectivity index (χ1n) is 4.60. The summed E-state index contributed by atoms with van der Waals surface area (Å²) in [5, 5.41) is 0. The number of rotatable bonds is 4. The summed E-state index contributed by atoms with van der Waals surface area (Å²) in [4.78, 5) is 2.07. The van der Waals surface area contributed by atoms with Crippen LogP contribution >= 0.6 is 23.2 Å². The van der Waals surface area contributed by atoms with Crippen LogP contribution < -0.4 is 0 Å². The van der Waals surface area contributed by atoms with E-state index in [-0.39, 0.29) is 0 Å².